The first-order valence-corrected chi connectivity index (χ1v) is 8.43. The molecule has 0 aliphatic heterocycles. The summed E-state index contributed by atoms with van der Waals surface area (Å²) in [6.45, 7) is 8.05. The summed E-state index contributed by atoms with van der Waals surface area (Å²) in [4.78, 5) is 10.7. The van der Waals surface area contributed by atoms with E-state index >= 15 is 0 Å². The third-order valence-electron chi connectivity index (χ3n) is 5.07. The smallest absolute Gasteiger partial charge is 0.341 e. The van der Waals surface area contributed by atoms with Crippen LogP contribution in [-0.2, 0) is 4.79 Å². The Balaban J connectivity index is 2.19. The number of carboxylic acid groups (broad SMARTS) is 1. The van der Waals surface area contributed by atoms with Gasteiger partial charge in [0.25, 0.3) is 0 Å². The molecule has 2 N–H and O–H groups in total. The highest BCUT2D eigenvalue weighted by Gasteiger charge is 2.32. The number of ether oxygens (including phenoxy) is 1. The molecule has 0 radical (unpaired) electrons. The molecule has 1 aromatic rings. The summed E-state index contributed by atoms with van der Waals surface area (Å²) in [5, 5.41) is 19.0. The third kappa shape index (κ3) is 4.25. The number of carboxylic acids is 1. The Hall–Kier alpha value is -1.55. The van der Waals surface area contributed by atoms with Crippen LogP contribution in [0, 0.1) is 25.7 Å². The minimum atomic E-state index is -0.966. The zero-order chi connectivity index (χ0) is 17.1. The third-order valence-corrected chi connectivity index (χ3v) is 5.07. The second-order valence-corrected chi connectivity index (χ2v) is 7.14. The Bertz CT molecular complexity index is 565. The van der Waals surface area contributed by atoms with E-state index in [4.69, 9.17) is 9.84 Å². The summed E-state index contributed by atoms with van der Waals surface area (Å²) >= 11 is 0. The topological polar surface area (TPSA) is 66.8 Å². The molecule has 1 fully saturated rings. The van der Waals surface area contributed by atoms with Crippen LogP contribution in [0.15, 0.2) is 12.1 Å². The fraction of sp³-hybridized carbons (Fsp3) is 0.632. The first-order chi connectivity index (χ1) is 10.8. The quantitative estimate of drug-likeness (QED) is 0.869. The highest BCUT2D eigenvalue weighted by molar-refractivity contribution is 5.68. The van der Waals surface area contributed by atoms with Gasteiger partial charge in [0.1, 0.15) is 5.75 Å². The Morgan fingerprint density at radius 2 is 1.96 bits per heavy atom. The van der Waals surface area contributed by atoms with E-state index < -0.39 is 5.97 Å². The summed E-state index contributed by atoms with van der Waals surface area (Å²) in [5.41, 5.74) is 3.42. The van der Waals surface area contributed by atoms with Crippen LogP contribution in [0.1, 0.15) is 55.7 Å². The Kier molecular flexibility index (Phi) is 5.69. The maximum atomic E-state index is 10.7. The van der Waals surface area contributed by atoms with Crippen LogP contribution < -0.4 is 4.74 Å². The number of aliphatic carboxylic acids is 1. The standard InChI is InChI=1S/C19H28O4/c1-11(2)15-9-14(5-6-17(15)20)16-7-13(4)18(8-12(16)3)23-10-19(21)22/h7-8,11,14-15,17,20H,5-6,9-10H2,1-4H3,(H,21,22). The van der Waals surface area contributed by atoms with Crippen LogP contribution >= 0.6 is 0 Å². The molecule has 0 heterocycles. The average Bonchev–Trinajstić information content (AvgIpc) is 2.48. The highest BCUT2D eigenvalue weighted by atomic mass is 16.5. The number of hydrogen-bond acceptors (Lipinski definition) is 3. The predicted octanol–water partition coefficient (Wildman–Crippen LogP) is 3.67. The van der Waals surface area contributed by atoms with Crippen molar-refractivity contribution in [3.05, 3.63) is 28.8 Å². The number of carbonyl (C=O) groups is 1. The van der Waals surface area contributed by atoms with Gasteiger partial charge in [-0.05, 0) is 73.6 Å². The molecular weight excluding hydrogens is 292 g/mol. The lowest BCUT2D eigenvalue weighted by atomic mass is 9.71. The number of aliphatic hydroxyl groups is 1. The number of aliphatic hydroxyl groups excluding tert-OH is 1. The van der Waals surface area contributed by atoms with E-state index in [1.54, 1.807) is 0 Å². The first-order valence-electron chi connectivity index (χ1n) is 8.43. The summed E-state index contributed by atoms with van der Waals surface area (Å²) in [6, 6.07) is 4.08. The van der Waals surface area contributed by atoms with Crippen molar-refractivity contribution in [2.24, 2.45) is 11.8 Å². The first kappa shape index (κ1) is 17.8. The predicted molar refractivity (Wildman–Crippen MR) is 90.0 cm³/mol. The van der Waals surface area contributed by atoms with Gasteiger partial charge in [0.2, 0.25) is 0 Å². The lowest BCUT2D eigenvalue weighted by molar-refractivity contribution is -0.139. The van der Waals surface area contributed by atoms with Gasteiger partial charge in [-0.25, -0.2) is 4.79 Å². The Morgan fingerprint density at radius 1 is 1.26 bits per heavy atom. The number of benzene rings is 1. The Morgan fingerprint density at radius 3 is 2.57 bits per heavy atom. The number of rotatable bonds is 5. The maximum absolute atomic E-state index is 10.7. The monoisotopic (exact) mass is 320 g/mol. The highest BCUT2D eigenvalue weighted by Crippen LogP contribution is 2.41. The second kappa shape index (κ2) is 7.35. The van der Waals surface area contributed by atoms with E-state index in [0.29, 0.717) is 23.5 Å². The van der Waals surface area contributed by atoms with Crippen molar-refractivity contribution in [1.82, 2.24) is 0 Å². The van der Waals surface area contributed by atoms with E-state index in [2.05, 4.69) is 26.8 Å². The van der Waals surface area contributed by atoms with E-state index in [-0.39, 0.29) is 12.7 Å². The molecule has 4 heteroatoms. The molecule has 0 spiro atoms. The molecule has 128 valence electrons. The van der Waals surface area contributed by atoms with Crippen molar-refractivity contribution >= 4 is 5.97 Å². The molecule has 2 rings (SSSR count). The van der Waals surface area contributed by atoms with Gasteiger partial charge in [-0.15, -0.1) is 0 Å². The van der Waals surface area contributed by atoms with Gasteiger partial charge in [-0.3, -0.25) is 0 Å². The van der Waals surface area contributed by atoms with Crippen LogP contribution in [0.2, 0.25) is 0 Å². The van der Waals surface area contributed by atoms with Crippen LogP contribution in [-0.4, -0.2) is 28.9 Å². The van der Waals surface area contributed by atoms with Gasteiger partial charge in [0, 0.05) is 0 Å². The van der Waals surface area contributed by atoms with Crippen molar-refractivity contribution in [3.8, 4) is 5.75 Å². The molecule has 1 saturated carbocycles. The van der Waals surface area contributed by atoms with Gasteiger partial charge in [-0.2, -0.15) is 0 Å². The van der Waals surface area contributed by atoms with Crippen molar-refractivity contribution < 1.29 is 19.7 Å². The van der Waals surface area contributed by atoms with Crippen molar-refractivity contribution in [2.45, 2.75) is 59.0 Å². The van der Waals surface area contributed by atoms with Crippen LogP contribution in [0.25, 0.3) is 0 Å². The summed E-state index contributed by atoms with van der Waals surface area (Å²) in [5.74, 6) is 0.957. The molecule has 4 nitrogen and oxygen atoms in total. The zero-order valence-corrected chi connectivity index (χ0v) is 14.5. The number of hydrogen-bond donors (Lipinski definition) is 2. The minimum Gasteiger partial charge on any atom is -0.482 e. The molecule has 23 heavy (non-hydrogen) atoms. The molecule has 1 aliphatic rings. The van der Waals surface area contributed by atoms with Crippen LogP contribution in [0.3, 0.4) is 0 Å². The molecular formula is C19H28O4. The van der Waals surface area contributed by atoms with Crippen molar-refractivity contribution in [3.63, 3.8) is 0 Å². The lowest BCUT2D eigenvalue weighted by Gasteiger charge is -2.36. The van der Waals surface area contributed by atoms with E-state index in [9.17, 15) is 9.90 Å². The van der Waals surface area contributed by atoms with E-state index in [1.807, 2.05) is 13.0 Å². The molecule has 0 amide bonds. The molecule has 0 aromatic heterocycles. The number of aryl methyl sites for hydroxylation is 2. The van der Waals surface area contributed by atoms with Gasteiger partial charge in [-0.1, -0.05) is 19.9 Å². The van der Waals surface area contributed by atoms with Gasteiger partial charge < -0.3 is 14.9 Å². The minimum absolute atomic E-state index is 0.189. The zero-order valence-electron chi connectivity index (χ0n) is 14.5. The van der Waals surface area contributed by atoms with Crippen molar-refractivity contribution in [1.29, 1.82) is 0 Å². The van der Waals surface area contributed by atoms with Crippen molar-refractivity contribution in [2.75, 3.05) is 6.61 Å². The average molecular weight is 320 g/mol. The second-order valence-electron chi connectivity index (χ2n) is 7.14. The van der Waals surface area contributed by atoms with Gasteiger partial charge in [0.05, 0.1) is 6.10 Å². The SMILES string of the molecule is Cc1cc(C2CCC(O)C(C(C)C)C2)c(C)cc1OCC(=O)O. The summed E-state index contributed by atoms with van der Waals surface area (Å²) < 4.78 is 5.36. The lowest BCUT2D eigenvalue weighted by Crippen LogP contribution is -2.32. The molecule has 1 aromatic carbocycles. The van der Waals surface area contributed by atoms with Gasteiger partial charge in [0.15, 0.2) is 6.61 Å². The molecule has 1 aliphatic carbocycles. The van der Waals surface area contributed by atoms with E-state index in [1.165, 1.54) is 5.56 Å². The van der Waals surface area contributed by atoms with E-state index in [0.717, 1.165) is 30.4 Å². The normalized spacial score (nSPS) is 24.7. The maximum Gasteiger partial charge on any atom is 0.341 e. The molecule has 0 bridgehead atoms. The van der Waals surface area contributed by atoms with Crippen LogP contribution in [0.4, 0.5) is 0 Å². The summed E-state index contributed by atoms with van der Waals surface area (Å²) in [7, 11) is 0. The van der Waals surface area contributed by atoms with Crippen LogP contribution in [0.5, 0.6) is 5.75 Å². The molecule has 0 saturated heterocycles. The molecule has 3 unspecified atom stereocenters. The fourth-order valence-electron chi connectivity index (χ4n) is 3.74. The van der Waals surface area contributed by atoms with Gasteiger partial charge >= 0.3 is 5.97 Å². The molecule has 3 atom stereocenters. The summed E-state index contributed by atoms with van der Waals surface area (Å²) in [6.07, 6.45) is 2.67. The fourth-order valence-corrected chi connectivity index (χ4v) is 3.74. The Labute approximate surface area is 138 Å². The largest absolute Gasteiger partial charge is 0.482 e.